The molecular formula is C24H23N5O2. The van der Waals surface area contributed by atoms with Gasteiger partial charge in [-0.1, -0.05) is 47.6 Å². The highest BCUT2D eigenvalue weighted by Crippen LogP contribution is 2.35. The van der Waals surface area contributed by atoms with Crippen molar-refractivity contribution < 1.29 is 9.32 Å². The Morgan fingerprint density at radius 1 is 1.13 bits per heavy atom. The van der Waals surface area contributed by atoms with Gasteiger partial charge in [-0.05, 0) is 49.9 Å². The second-order valence-electron chi connectivity index (χ2n) is 7.83. The zero-order valence-corrected chi connectivity index (χ0v) is 17.4. The molecule has 2 heterocycles. The molecule has 1 amide bonds. The maximum absolute atomic E-state index is 13.3. The molecular weight excluding hydrogens is 390 g/mol. The van der Waals surface area contributed by atoms with Crippen LogP contribution in [0, 0.1) is 13.8 Å². The lowest BCUT2D eigenvalue weighted by molar-refractivity contribution is 0.0938. The predicted octanol–water partition coefficient (Wildman–Crippen LogP) is 4.14. The third-order valence-electron chi connectivity index (χ3n) is 5.91. The van der Waals surface area contributed by atoms with Crippen LogP contribution in [0.3, 0.4) is 0 Å². The van der Waals surface area contributed by atoms with Gasteiger partial charge in [-0.3, -0.25) is 4.79 Å². The van der Waals surface area contributed by atoms with Crippen molar-refractivity contribution in [1.82, 2.24) is 20.3 Å². The minimum atomic E-state index is -0.290. The molecule has 4 aromatic rings. The van der Waals surface area contributed by atoms with Crippen molar-refractivity contribution in [2.75, 3.05) is 5.73 Å². The highest BCUT2D eigenvalue weighted by atomic mass is 16.5. The molecule has 0 aliphatic heterocycles. The first kappa shape index (κ1) is 19.1. The molecule has 0 bridgehead atoms. The second kappa shape index (κ2) is 7.43. The van der Waals surface area contributed by atoms with Crippen LogP contribution in [0.4, 0.5) is 5.88 Å². The van der Waals surface area contributed by atoms with E-state index in [1.165, 1.54) is 5.56 Å². The quantitative estimate of drug-likeness (QED) is 0.524. The van der Waals surface area contributed by atoms with E-state index in [0.29, 0.717) is 5.69 Å². The molecule has 5 rings (SSSR count). The summed E-state index contributed by atoms with van der Waals surface area (Å²) in [6.45, 7) is 3.84. The smallest absolute Gasteiger partial charge is 0.259 e. The third kappa shape index (κ3) is 3.18. The van der Waals surface area contributed by atoms with Crippen molar-refractivity contribution in [2.45, 2.75) is 32.7 Å². The molecule has 1 aliphatic rings. The van der Waals surface area contributed by atoms with Crippen LogP contribution in [0.5, 0.6) is 0 Å². The molecule has 7 heteroatoms. The summed E-state index contributed by atoms with van der Waals surface area (Å²) in [6.07, 6.45) is 1.80. The average Bonchev–Trinajstić information content (AvgIpc) is 3.44. The number of rotatable bonds is 4. The number of fused-ring (bicyclic) bond motifs is 1. The fraction of sp³-hybridized carbons (Fsp3) is 0.208. The number of nitrogen functional groups attached to an aromatic ring is 1. The molecule has 0 saturated heterocycles. The Hall–Kier alpha value is -3.87. The van der Waals surface area contributed by atoms with Crippen molar-refractivity contribution in [3.8, 4) is 16.9 Å². The number of aromatic nitrogens is 3. The average molecular weight is 413 g/mol. The van der Waals surface area contributed by atoms with E-state index in [-0.39, 0.29) is 23.4 Å². The van der Waals surface area contributed by atoms with Crippen molar-refractivity contribution in [3.05, 3.63) is 82.7 Å². The molecule has 0 radical (unpaired) electrons. The van der Waals surface area contributed by atoms with E-state index in [2.05, 4.69) is 27.7 Å². The summed E-state index contributed by atoms with van der Waals surface area (Å²) in [6, 6.07) is 17.9. The van der Waals surface area contributed by atoms with Crippen molar-refractivity contribution in [1.29, 1.82) is 0 Å². The van der Waals surface area contributed by atoms with Crippen molar-refractivity contribution in [2.24, 2.45) is 0 Å². The van der Waals surface area contributed by atoms with E-state index >= 15 is 0 Å². The van der Waals surface area contributed by atoms with E-state index in [4.69, 9.17) is 10.3 Å². The minimum Gasteiger partial charge on any atom is -0.367 e. The molecule has 1 aliphatic carbocycles. The number of para-hydroxylation sites is 1. The van der Waals surface area contributed by atoms with Crippen molar-refractivity contribution in [3.63, 3.8) is 0 Å². The zero-order chi connectivity index (χ0) is 21.5. The topological polar surface area (TPSA) is 99.0 Å². The van der Waals surface area contributed by atoms with Gasteiger partial charge in [-0.15, -0.1) is 0 Å². The number of aryl methyl sites for hydroxylation is 2. The van der Waals surface area contributed by atoms with Crippen LogP contribution < -0.4 is 11.1 Å². The number of hydrogen-bond acceptors (Lipinski definition) is 5. The maximum atomic E-state index is 13.3. The molecule has 31 heavy (non-hydrogen) atoms. The lowest BCUT2D eigenvalue weighted by Crippen LogP contribution is -2.28. The number of hydrogen-bond donors (Lipinski definition) is 2. The number of nitrogens with zero attached hydrogens (tertiary/aromatic N) is 3. The maximum Gasteiger partial charge on any atom is 0.259 e. The minimum absolute atomic E-state index is 0.00467. The van der Waals surface area contributed by atoms with E-state index in [9.17, 15) is 4.79 Å². The second-order valence-corrected chi connectivity index (χ2v) is 7.83. The monoisotopic (exact) mass is 413 g/mol. The van der Waals surface area contributed by atoms with Crippen LogP contribution in [0.2, 0.25) is 0 Å². The van der Waals surface area contributed by atoms with E-state index < -0.39 is 0 Å². The number of carbonyl (C=O) groups excluding carboxylic acids is 1. The zero-order valence-electron chi connectivity index (χ0n) is 17.4. The summed E-state index contributed by atoms with van der Waals surface area (Å²) in [5, 5.41) is 11.9. The normalized spacial score (nSPS) is 15.1. The van der Waals surface area contributed by atoms with Gasteiger partial charge in [0.2, 0.25) is 5.88 Å². The van der Waals surface area contributed by atoms with Gasteiger partial charge in [0.1, 0.15) is 11.3 Å². The van der Waals surface area contributed by atoms with Gasteiger partial charge in [-0.2, -0.15) is 5.10 Å². The molecule has 2 aromatic heterocycles. The number of amides is 1. The molecule has 3 N–H and O–H groups in total. The third-order valence-corrected chi connectivity index (χ3v) is 5.91. The molecule has 1 atom stereocenters. The standard InChI is InChI=1S/C24H23N5O2/c1-14-20(15(2)29(27-14)17-9-4-3-5-10-17)22-21(23(25)31-28-22)24(30)26-19-13-12-16-8-6-7-11-18(16)19/h3-11,19H,12-13,25H2,1-2H3,(H,26,30). The molecule has 0 fully saturated rings. The van der Waals surface area contributed by atoms with E-state index in [1.54, 1.807) is 0 Å². The summed E-state index contributed by atoms with van der Waals surface area (Å²) >= 11 is 0. The fourth-order valence-corrected chi connectivity index (χ4v) is 4.44. The highest BCUT2D eigenvalue weighted by Gasteiger charge is 2.30. The number of benzene rings is 2. The predicted molar refractivity (Wildman–Crippen MR) is 118 cm³/mol. The molecule has 0 saturated carbocycles. The first-order valence-electron chi connectivity index (χ1n) is 10.3. The SMILES string of the molecule is Cc1nn(-c2ccccc2)c(C)c1-c1noc(N)c1C(=O)NC1CCc2ccccc21. The Kier molecular flexibility index (Phi) is 4.58. The van der Waals surface area contributed by atoms with Crippen molar-refractivity contribution >= 4 is 11.8 Å². The fourth-order valence-electron chi connectivity index (χ4n) is 4.44. The van der Waals surface area contributed by atoms with Gasteiger partial charge in [0.05, 0.1) is 23.1 Å². The number of anilines is 1. The van der Waals surface area contributed by atoms with Gasteiger partial charge < -0.3 is 15.6 Å². The summed E-state index contributed by atoms with van der Waals surface area (Å²) < 4.78 is 7.10. The van der Waals surface area contributed by atoms with Gasteiger partial charge in [0.15, 0.2) is 0 Å². The van der Waals surface area contributed by atoms with E-state index in [1.807, 2.05) is 61.0 Å². The molecule has 156 valence electrons. The number of carbonyl (C=O) groups is 1. The number of nitrogens with two attached hydrogens (primary N) is 1. The summed E-state index contributed by atoms with van der Waals surface area (Å²) in [5.41, 5.74) is 12.4. The molecule has 7 nitrogen and oxygen atoms in total. The van der Waals surface area contributed by atoms with Gasteiger partial charge in [0, 0.05) is 5.56 Å². The summed E-state index contributed by atoms with van der Waals surface area (Å²) in [4.78, 5) is 13.3. The van der Waals surface area contributed by atoms with Gasteiger partial charge in [-0.25, -0.2) is 4.68 Å². The Balaban J connectivity index is 1.51. The van der Waals surface area contributed by atoms with Gasteiger partial charge >= 0.3 is 0 Å². The van der Waals surface area contributed by atoms with Crippen LogP contribution in [0.15, 0.2) is 59.1 Å². The Morgan fingerprint density at radius 2 is 1.87 bits per heavy atom. The summed E-state index contributed by atoms with van der Waals surface area (Å²) in [5.74, 6) is -0.285. The summed E-state index contributed by atoms with van der Waals surface area (Å²) in [7, 11) is 0. The van der Waals surface area contributed by atoms with Gasteiger partial charge in [0.25, 0.3) is 5.91 Å². The largest absolute Gasteiger partial charge is 0.367 e. The first-order valence-corrected chi connectivity index (χ1v) is 10.3. The van der Waals surface area contributed by atoms with Crippen LogP contribution in [0.25, 0.3) is 16.9 Å². The Morgan fingerprint density at radius 3 is 2.68 bits per heavy atom. The number of nitrogens with one attached hydrogen (secondary N) is 1. The van der Waals surface area contributed by atoms with Crippen LogP contribution in [-0.2, 0) is 6.42 Å². The molecule has 2 aromatic carbocycles. The van der Waals surface area contributed by atoms with Crippen LogP contribution >= 0.6 is 0 Å². The first-order chi connectivity index (χ1) is 15.0. The molecule has 0 spiro atoms. The van der Waals surface area contributed by atoms with E-state index in [0.717, 1.165) is 41.0 Å². The van der Waals surface area contributed by atoms with Crippen LogP contribution in [0.1, 0.15) is 45.3 Å². The molecule has 1 unspecified atom stereocenters. The van der Waals surface area contributed by atoms with Crippen LogP contribution in [-0.4, -0.2) is 20.8 Å². The Bertz CT molecular complexity index is 1270. The lowest BCUT2D eigenvalue weighted by atomic mass is 10.0. The Labute approximate surface area is 179 Å². The highest BCUT2D eigenvalue weighted by molar-refractivity contribution is 6.04. The lowest BCUT2D eigenvalue weighted by Gasteiger charge is -2.14.